The number of phenols is 3. The number of benzene rings is 2. The topological polar surface area (TPSA) is 202 Å². The van der Waals surface area contributed by atoms with Crippen LogP contribution in [0.3, 0.4) is 0 Å². The summed E-state index contributed by atoms with van der Waals surface area (Å²) < 4.78 is 27.4. The van der Waals surface area contributed by atoms with E-state index in [1.54, 1.807) is 0 Å². The lowest BCUT2D eigenvalue weighted by Gasteiger charge is -2.42. The van der Waals surface area contributed by atoms with Crippen molar-refractivity contribution in [2.45, 2.75) is 44.6 Å². The van der Waals surface area contributed by atoms with Gasteiger partial charge in [0.1, 0.15) is 34.3 Å². The Morgan fingerprint density at radius 2 is 1.58 bits per heavy atom. The SMILES string of the molecule is CC(=O)O[C@@H]1C(CO)O[C@@H](Oc2c(-c3ccc(O)cc3)oc3cc(O)cc(O)c3c2=O)C(O)[C@H]1OC(C)=O. The number of fused-ring (bicyclic) bond motifs is 1. The number of phenolic OH excluding ortho intramolecular Hbond substituents is 3. The highest BCUT2D eigenvalue weighted by atomic mass is 16.7. The molecule has 1 aliphatic rings. The molecule has 0 spiro atoms. The average Bonchev–Trinajstić information content (AvgIpc) is 2.84. The van der Waals surface area contributed by atoms with Gasteiger partial charge in [-0.25, -0.2) is 0 Å². The van der Waals surface area contributed by atoms with Gasteiger partial charge in [0, 0.05) is 31.5 Å². The number of rotatable bonds is 6. The highest BCUT2D eigenvalue weighted by Gasteiger charge is 2.50. The summed E-state index contributed by atoms with van der Waals surface area (Å²) in [5.41, 5.74) is -0.902. The van der Waals surface area contributed by atoms with Crippen molar-refractivity contribution in [2.75, 3.05) is 6.61 Å². The third kappa shape index (κ3) is 5.20. The second kappa shape index (κ2) is 10.6. The molecule has 2 unspecified atom stereocenters. The number of aliphatic hydroxyl groups excluding tert-OH is 2. The normalized spacial score (nSPS) is 23.1. The van der Waals surface area contributed by atoms with E-state index in [1.807, 2.05) is 0 Å². The number of carbonyl (C=O) groups excluding carboxylic acids is 2. The zero-order valence-corrected chi connectivity index (χ0v) is 20.1. The van der Waals surface area contributed by atoms with Gasteiger partial charge in [-0.2, -0.15) is 0 Å². The van der Waals surface area contributed by atoms with Gasteiger partial charge in [0.2, 0.25) is 17.5 Å². The molecule has 5 atom stereocenters. The van der Waals surface area contributed by atoms with Gasteiger partial charge in [0.05, 0.1) is 6.61 Å². The zero-order valence-electron chi connectivity index (χ0n) is 20.1. The van der Waals surface area contributed by atoms with Crippen molar-refractivity contribution in [3.8, 4) is 34.3 Å². The van der Waals surface area contributed by atoms with Crippen molar-refractivity contribution in [1.29, 1.82) is 0 Å². The number of aromatic hydroxyl groups is 3. The van der Waals surface area contributed by atoms with Crippen LogP contribution < -0.4 is 10.2 Å². The maximum absolute atomic E-state index is 13.5. The van der Waals surface area contributed by atoms with Crippen LogP contribution in [0.4, 0.5) is 0 Å². The Kier molecular flexibility index (Phi) is 7.44. The summed E-state index contributed by atoms with van der Waals surface area (Å²) in [6.45, 7) is 1.37. The number of hydrogen-bond acceptors (Lipinski definition) is 13. The molecule has 1 aromatic heterocycles. The van der Waals surface area contributed by atoms with E-state index in [-0.39, 0.29) is 33.8 Å². The van der Waals surface area contributed by atoms with Gasteiger partial charge < -0.3 is 48.9 Å². The Hall–Kier alpha value is -4.33. The van der Waals surface area contributed by atoms with E-state index in [9.17, 15) is 39.9 Å². The molecule has 202 valence electrons. The molecule has 5 N–H and O–H groups in total. The lowest BCUT2D eigenvalue weighted by molar-refractivity contribution is -0.284. The van der Waals surface area contributed by atoms with Gasteiger partial charge in [-0.15, -0.1) is 0 Å². The Balaban J connectivity index is 1.85. The Morgan fingerprint density at radius 3 is 2.18 bits per heavy atom. The average molecular weight is 532 g/mol. The highest BCUT2D eigenvalue weighted by Crippen LogP contribution is 2.38. The molecule has 1 fully saturated rings. The minimum atomic E-state index is -1.83. The molecule has 0 amide bonds. The zero-order chi connectivity index (χ0) is 27.7. The minimum Gasteiger partial charge on any atom is -0.508 e. The van der Waals surface area contributed by atoms with Gasteiger partial charge in [0.15, 0.2) is 24.1 Å². The Morgan fingerprint density at radius 1 is 0.947 bits per heavy atom. The third-order valence-electron chi connectivity index (χ3n) is 5.68. The lowest BCUT2D eigenvalue weighted by Crippen LogP contribution is -2.62. The molecule has 13 heteroatoms. The molecule has 13 nitrogen and oxygen atoms in total. The summed E-state index contributed by atoms with van der Waals surface area (Å²) in [6.07, 6.45) is -7.90. The van der Waals surface area contributed by atoms with Crippen LogP contribution in [-0.2, 0) is 23.8 Å². The van der Waals surface area contributed by atoms with Crippen LogP contribution >= 0.6 is 0 Å². The van der Waals surface area contributed by atoms with Crippen molar-refractivity contribution < 1.29 is 58.5 Å². The molecule has 0 radical (unpaired) electrons. The third-order valence-corrected chi connectivity index (χ3v) is 5.68. The van der Waals surface area contributed by atoms with E-state index < -0.39 is 66.2 Å². The summed E-state index contributed by atoms with van der Waals surface area (Å²) in [4.78, 5) is 36.8. The smallest absolute Gasteiger partial charge is 0.303 e. The summed E-state index contributed by atoms with van der Waals surface area (Å²) in [5.74, 6) is -3.53. The van der Waals surface area contributed by atoms with E-state index in [2.05, 4.69) is 0 Å². The predicted octanol–water partition coefficient (Wildman–Crippen LogP) is 0.897. The molecule has 0 bridgehead atoms. The van der Waals surface area contributed by atoms with Gasteiger partial charge in [-0.3, -0.25) is 14.4 Å². The summed E-state index contributed by atoms with van der Waals surface area (Å²) in [6, 6.07) is 7.40. The van der Waals surface area contributed by atoms with E-state index >= 15 is 0 Å². The number of aliphatic hydroxyl groups is 2. The van der Waals surface area contributed by atoms with E-state index in [0.29, 0.717) is 0 Å². The Labute approximate surface area is 214 Å². The summed E-state index contributed by atoms with van der Waals surface area (Å²) in [7, 11) is 0. The van der Waals surface area contributed by atoms with Crippen molar-refractivity contribution in [2.24, 2.45) is 0 Å². The standard InChI is InChI=1S/C25H24O13/c1-10(27)34-22-17(9-26)37-25(20(33)24(22)35-11(2)28)38-23-19(32)18-15(31)7-14(30)8-16(18)36-21(23)12-3-5-13(29)6-4-12/h3-8,17,20,22,24-26,29-31,33H,9H2,1-2H3/t17?,20?,22-,24-,25+/m1/s1. The van der Waals surface area contributed by atoms with Gasteiger partial charge in [-0.05, 0) is 24.3 Å². The van der Waals surface area contributed by atoms with Gasteiger partial charge in [0.25, 0.3) is 0 Å². The van der Waals surface area contributed by atoms with Crippen LogP contribution in [0.15, 0.2) is 45.6 Å². The first-order valence-corrected chi connectivity index (χ1v) is 11.3. The van der Waals surface area contributed by atoms with Crippen LogP contribution in [-0.4, -0.2) is 74.8 Å². The first-order valence-electron chi connectivity index (χ1n) is 11.3. The quantitative estimate of drug-likeness (QED) is 0.280. The molecule has 2 aromatic carbocycles. The first-order chi connectivity index (χ1) is 18.0. The van der Waals surface area contributed by atoms with Crippen molar-refractivity contribution in [3.05, 3.63) is 46.6 Å². The van der Waals surface area contributed by atoms with Crippen LogP contribution in [0.25, 0.3) is 22.3 Å². The number of ether oxygens (including phenoxy) is 4. The van der Waals surface area contributed by atoms with Gasteiger partial charge in [-0.1, -0.05) is 0 Å². The molecule has 0 aliphatic carbocycles. The molecule has 1 saturated heterocycles. The van der Waals surface area contributed by atoms with Gasteiger partial charge >= 0.3 is 11.9 Å². The lowest BCUT2D eigenvalue weighted by atomic mass is 9.98. The van der Waals surface area contributed by atoms with Crippen molar-refractivity contribution in [3.63, 3.8) is 0 Å². The van der Waals surface area contributed by atoms with Crippen molar-refractivity contribution in [1.82, 2.24) is 0 Å². The van der Waals surface area contributed by atoms with Crippen LogP contribution in [0, 0.1) is 0 Å². The maximum atomic E-state index is 13.5. The molecule has 0 saturated carbocycles. The Bertz CT molecular complexity index is 1410. The molecule has 3 aromatic rings. The van der Waals surface area contributed by atoms with E-state index in [4.69, 9.17) is 23.4 Å². The largest absolute Gasteiger partial charge is 0.508 e. The predicted molar refractivity (Wildman–Crippen MR) is 126 cm³/mol. The number of esters is 2. The second-order valence-electron chi connectivity index (χ2n) is 8.46. The summed E-state index contributed by atoms with van der Waals surface area (Å²) in [5, 5.41) is 50.3. The van der Waals surface area contributed by atoms with E-state index in [0.717, 1.165) is 26.0 Å². The molecule has 1 aliphatic heterocycles. The number of hydrogen-bond donors (Lipinski definition) is 5. The van der Waals surface area contributed by atoms with Crippen LogP contribution in [0.2, 0.25) is 0 Å². The fraction of sp³-hybridized carbons (Fsp3) is 0.320. The fourth-order valence-electron chi connectivity index (χ4n) is 4.09. The fourth-order valence-corrected chi connectivity index (χ4v) is 4.09. The second-order valence-corrected chi connectivity index (χ2v) is 8.46. The van der Waals surface area contributed by atoms with E-state index in [1.165, 1.54) is 24.3 Å². The molecular formula is C25H24O13. The highest BCUT2D eigenvalue weighted by molar-refractivity contribution is 5.88. The van der Waals surface area contributed by atoms with Crippen LogP contribution in [0.5, 0.6) is 23.0 Å². The van der Waals surface area contributed by atoms with Crippen molar-refractivity contribution >= 4 is 22.9 Å². The molecular weight excluding hydrogens is 508 g/mol. The molecule has 38 heavy (non-hydrogen) atoms. The molecule has 4 rings (SSSR count). The van der Waals surface area contributed by atoms with Crippen LogP contribution in [0.1, 0.15) is 13.8 Å². The maximum Gasteiger partial charge on any atom is 0.303 e. The minimum absolute atomic E-state index is 0.0906. The first kappa shape index (κ1) is 26.7. The number of carbonyl (C=O) groups is 2. The monoisotopic (exact) mass is 532 g/mol. The molecule has 2 heterocycles. The summed E-state index contributed by atoms with van der Waals surface area (Å²) >= 11 is 0.